The van der Waals surface area contributed by atoms with E-state index in [1.54, 1.807) is 12.1 Å². The highest BCUT2D eigenvalue weighted by Gasteiger charge is 2.29. The minimum atomic E-state index is -0.0249. The molecule has 1 fully saturated rings. The van der Waals surface area contributed by atoms with Crippen molar-refractivity contribution < 1.29 is 9.59 Å². The highest BCUT2D eigenvalue weighted by Crippen LogP contribution is 2.30. The number of anilines is 1. The number of amides is 2. The highest BCUT2D eigenvalue weighted by molar-refractivity contribution is 6.30. The lowest BCUT2D eigenvalue weighted by molar-refractivity contribution is -0.128. The van der Waals surface area contributed by atoms with Crippen LogP contribution in [0.15, 0.2) is 24.3 Å². The molecule has 1 saturated carbocycles. The summed E-state index contributed by atoms with van der Waals surface area (Å²) in [6, 6.07) is 7.16. The van der Waals surface area contributed by atoms with Crippen LogP contribution in [0, 0.1) is 17.8 Å². The van der Waals surface area contributed by atoms with Crippen LogP contribution < -0.4 is 10.6 Å². The molecule has 126 valence electrons. The molecule has 4 nitrogen and oxygen atoms in total. The predicted octanol–water partition coefficient (Wildman–Crippen LogP) is 3.86. The first-order valence-electron chi connectivity index (χ1n) is 8.30. The van der Waals surface area contributed by atoms with E-state index in [1.807, 2.05) is 12.1 Å². The maximum absolute atomic E-state index is 12.3. The molecule has 0 saturated heterocycles. The van der Waals surface area contributed by atoms with Crippen LogP contribution in [0.4, 0.5) is 5.69 Å². The first-order chi connectivity index (χ1) is 11.0. The van der Waals surface area contributed by atoms with Gasteiger partial charge in [0.05, 0.1) is 0 Å². The van der Waals surface area contributed by atoms with Gasteiger partial charge in [0.15, 0.2) is 0 Å². The highest BCUT2D eigenvalue weighted by atomic mass is 35.5. The quantitative estimate of drug-likeness (QED) is 0.857. The third kappa shape index (κ3) is 5.54. The zero-order valence-corrected chi connectivity index (χ0v) is 14.5. The smallest absolute Gasteiger partial charge is 0.227 e. The standard InChI is InChI=1S/C18H25ClN2O2/c1-12(2)11-20-17(22)13-6-8-14(9-7-13)18(23)21-16-5-3-4-15(19)10-16/h3-5,10,12-14H,6-9,11H2,1-2H3,(H,20,22)(H,21,23). The van der Waals surface area contributed by atoms with E-state index in [1.165, 1.54) is 0 Å². The van der Waals surface area contributed by atoms with Gasteiger partial charge in [0.1, 0.15) is 0 Å². The van der Waals surface area contributed by atoms with Crippen molar-refractivity contribution in [3.8, 4) is 0 Å². The fourth-order valence-corrected chi connectivity index (χ4v) is 3.07. The maximum Gasteiger partial charge on any atom is 0.227 e. The van der Waals surface area contributed by atoms with Gasteiger partial charge in [-0.25, -0.2) is 0 Å². The fourth-order valence-electron chi connectivity index (χ4n) is 2.88. The summed E-state index contributed by atoms with van der Waals surface area (Å²) in [5.41, 5.74) is 0.722. The van der Waals surface area contributed by atoms with Crippen molar-refractivity contribution in [3.63, 3.8) is 0 Å². The summed E-state index contributed by atoms with van der Waals surface area (Å²) in [5, 5.41) is 6.51. The van der Waals surface area contributed by atoms with Crippen molar-refractivity contribution in [3.05, 3.63) is 29.3 Å². The summed E-state index contributed by atoms with van der Waals surface area (Å²) in [5.74, 6) is 0.631. The molecule has 0 heterocycles. The van der Waals surface area contributed by atoms with Crippen LogP contribution in [0.25, 0.3) is 0 Å². The van der Waals surface area contributed by atoms with Gasteiger partial charge in [0, 0.05) is 29.1 Å². The second kappa shape index (κ2) is 8.34. The van der Waals surface area contributed by atoms with Crippen molar-refractivity contribution in [2.45, 2.75) is 39.5 Å². The first kappa shape index (κ1) is 17.8. The third-order valence-electron chi connectivity index (χ3n) is 4.25. The molecular weight excluding hydrogens is 312 g/mol. The van der Waals surface area contributed by atoms with E-state index >= 15 is 0 Å². The number of hydrogen-bond acceptors (Lipinski definition) is 2. The number of carbonyl (C=O) groups is 2. The Bertz CT molecular complexity index is 552. The minimum Gasteiger partial charge on any atom is -0.356 e. The van der Waals surface area contributed by atoms with Gasteiger partial charge < -0.3 is 10.6 Å². The van der Waals surface area contributed by atoms with E-state index in [9.17, 15) is 9.59 Å². The Balaban J connectivity index is 1.79. The lowest BCUT2D eigenvalue weighted by Crippen LogP contribution is -2.36. The van der Waals surface area contributed by atoms with Crippen LogP contribution >= 0.6 is 11.6 Å². The van der Waals surface area contributed by atoms with E-state index in [4.69, 9.17) is 11.6 Å². The number of benzene rings is 1. The fraction of sp³-hybridized carbons (Fsp3) is 0.556. The van der Waals surface area contributed by atoms with Gasteiger partial charge in [-0.05, 0) is 49.8 Å². The molecule has 1 aromatic carbocycles. The Kier molecular flexibility index (Phi) is 6.46. The molecule has 23 heavy (non-hydrogen) atoms. The van der Waals surface area contributed by atoms with Crippen LogP contribution in [0.1, 0.15) is 39.5 Å². The predicted molar refractivity (Wildman–Crippen MR) is 93.4 cm³/mol. The lowest BCUT2D eigenvalue weighted by Gasteiger charge is -2.27. The Morgan fingerprint density at radius 3 is 2.30 bits per heavy atom. The van der Waals surface area contributed by atoms with Crippen molar-refractivity contribution in [2.24, 2.45) is 17.8 Å². The summed E-state index contributed by atoms with van der Waals surface area (Å²) in [6.45, 7) is 4.88. The Labute approximate surface area is 143 Å². The molecule has 0 spiro atoms. The summed E-state index contributed by atoms with van der Waals surface area (Å²) >= 11 is 5.92. The van der Waals surface area contributed by atoms with Crippen molar-refractivity contribution in [1.29, 1.82) is 0 Å². The average Bonchev–Trinajstić information content (AvgIpc) is 2.52. The molecule has 2 N–H and O–H groups in total. The van der Waals surface area contributed by atoms with Crippen molar-refractivity contribution in [1.82, 2.24) is 5.32 Å². The van der Waals surface area contributed by atoms with Crippen LogP contribution in [-0.4, -0.2) is 18.4 Å². The second-order valence-electron chi connectivity index (χ2n) is 6.69. The minimum absolute atomic E-state index is 0.0216. The molecule has 5 heteroatoms. The largest absolute Gasteiger partial charge is 0.356 e. The zero-order chi connectivity index (χ0) is 16.8. The molecule has 1 aliphatic carbocycles. The molecular formula is C18H25ClN2O2. The van der Waals surface area contributed by atoms with Gasteiger partial charge in [0.25, 0.3) is 0 Å². The van der Waals surface area contributed by atoms with E-state index in [0.717, 1.165) is 31.4 Å². The normalized spacial score (nSPS) is 21.0. The van der Waals surface area contributed by atoms with Crippen molar-refractivity contribution >= 4 is 29.1 Å². The molecule has 0 aliphatic heterocycles. The molecule has 0 unspecified atom stereocenters. The molecule has 2 rings (SSSR count). The summed E-state index contributed by atoms with van der Waals surface area (Å²) < 4.78 is 0. The molecule has 1 aromatic rings. The van der Waals surface area contributed by atoms with Crippen molar-refractivity contribution in [2.75, 3.05) is 11.9 Å². The first-order valence-corrected chi connectivity index (χ1v) is 8.67. The summed E-state index contributed by atoms with van der Waals surface area (Å²) in [7, 11) is 0. The molecule has 0 radical (unpaired) electrons. The van der Waals surface area contributed by atoms with Crippen LogP contribution in [0.2, 0.25) is 5.02 Å². The van der Waals surface area contributed by atoms with E-state index in [2.05, 4.69) is 24.5 Å². The number of hydrogen-bond donors (Lipinski definition) is 2. The monoisotopic (exact) mass is 336 g/mol. The zero-order valence-electron chi connectivity index (χ0n) is 13.8. The van der Waals surface area contributed by atoms with Gasteiger partial charge >= 0.3 is 0 Å². The Hall–Kier alpha value is -1.55. The number of halogens is 1. The molecule has 0 aromatic heterocycles. The van der Waals surface area contributed by atoms with Gasteiger partial charge in [0.2, 0.25) is 11.8 Å². The van der Waals surface area contributed by atoms with Gasteiger partial charge in [-0.1, -0.05) is 31.5 Å². The average molecular weight is 337 g/mol. The van der Waals surface area contributed by atoms with Crippen LogP contribution in [0.5, 0.6) is 0 Å². The van der Waals surface area contributed by atoms with E-state index < -0.39 is 0 Å². The SMILES string of the molecule is CC(C)CNC(=O)C1CCC(C(=O)Nc2cccc(Cl)c2)CC1. The summed E-state index contributed by atoms with van der Waals surface area (Å²) in [4.78, 5) is 24.4. The second-order valence-corrected chi connectivity index (χ2v) is 7.12. The van der Waals surface area contributed by atoms with Gasteiger partial charge in [-0.15, -0.1) is 0 Å². The topological polar surface area (TPSA) is 58.2 Å². The van der Waals surface area contributed by atoms with E-state index in [0.29, 0.717) is 17.5 Å². The molecule has 2 amide bonds. The molecule has 1 aliphatic rings. The molecule has 0 bridgehead atoms. The Morgan fingerprint density at radius 1 is 1.13 bits per heavy atom. The Morgan fingerprint density at radius 2 is 1.74 bits per heavy atom. The van der Waals surface area contributed by atoms with Crippen LogP contribution in [-0.2, 0) is 9.59 Å². The third-order valence-corrected chi connectivity index (χ3v) is 4.48. The number of carbonyl (C=O) groups excluding carboxylic acids is 2. The lowest BCUT2D eigenvalue weighted by atomic mass is 9.81. The van der Waals surface area contributed by atoms with Crippen LogP contribution in [0.3, 0.4) is 0 Å². The summed E-state index contributed by atoms with van der Waals surface area (Å²) in [6.07, 6.45) is 3.06. The molecule has 0 atom stereocenters. The maximum atomic E-state index is 12.3. The van der Waals surface area contributed by atoms with Gasteiger partial charge in [-0.3, -0.25) is 9.59 Å². The number of rotatable bonds is 5. The van der Waals surface area contributed by atoms with Gasteiger partial charge in [-0.2, -0.15) is 0 Å². The van der Waals surface area contributed by atoms with E-state index in [-0.39, 0.29) is 23.7 Å². The number of nitrogens with one attached hydrogen (secondary N) is 2.